The molecule has 0 unspecified atom stereocenters. The van der Waals surface area contributed by atoms with Crippen LogP contribution in [0.2, 0.25) is 0 Å². The van der Waals surface area contributed by atoms with Gasteiger partial charge in [0, 0.05) is 24.6 Å². The number of carbonyl (C=O) groups is 1. The number of methoxy groups -OCH3 is 1. The van der Waals surface area contributed by atoms with E-state index in [2.05, 4.69) is 4.98 Å². The van der Waals surface area contributed by atoms with Crippen LogP contribution in [0.15, 0.2) is 24.7 Å². The van der Waals surface area contributed by atoms with Crippen molar-refractivity contribution in [2.75, 3.05) is 7.11 Å². The number of hydrogen-bond acceptors (Lipinski definition) is 3. The predicted molar refractivity (Wildman–Crippen MR) is 67.1 cm³/mol. The van der Waals surface area contributed by atoms with Crippen LogP contribution in [0.3, 0.4) is 0 Å². The molecule has 1 aliphatic rings. The summed E-state index contributed by atoms with van der Waals surface area (Å²) in [6.45, 7) is 0.515. The van der Waals surface area contributed by atoms with Gasteiger partial charge < -0.3 is 9.30 Å². The van der Waals surface area contributed by atoms with E-state index in [1.807, 2.05) is 22.9 Å². The van der Waals surface area contributed by atoms with Crippen molar-refractivity contribution in [2.24, 2.45) is 0 Å². The number of rotatable bonds is 4. The van der Waals surface area contributed by atoms with Crippen LogP contribution in [0.4, 0.5) is 0 Å². The first-order valence-corrected chi connectivity index (χ1v) is 5.95. The Bertz CT molecular complexity index is 602. The molecule has 1 aromatic heterocycles. The molecule has 0 spiro atoms. The molecule has 0 N–H and O–H groups in total. The molecule has 0 atom stereocenters. The highest BCUT2D eigenvalue weighted by Crippen LogP contribution is 2.31. The highest BCUT2D eigenvalue weighted by Gasteiger charge is 2.21. The standard InChI is InChI=1S/C14H14N2O2/c1-18-8-11-6-16(9-15-11)14-5-2-10(7-17)12-3-4-13(12)14/h2,5-7,9H,3-4,8H2,1H3. The fourth-order valence-electron chi connectivity index (χ4n) is 2.42. The smallest absolute Gasteiger partial charge is 0.150 e. The number of benzene rings is 1. The van der Waals surface area contributed by atoms with Gasteiger partial charge in [0.2, 0.25) is 0 Å². The van der Waals surface area contributed by atoms with E-state index in [1.54, 1.807) is 13.4 Å². The molecule has 0 saturated carbocycles. The zero-order valence-electron chi connectivity index (χ0n) is 10.2. The summed E-state index contributed by atoms with van der Waals surface area (Å²) in [4.78, 5) is 15.2. The number of nitrogens with zero attached hydrogens (tertiary/aromatic N) is 2. The van der Waals surface area contributed by atoms with Crippen molar-refractivity contribution in [2.45, 2.75) is 19.4 Å². The first-order valence-electron chi connectivity index (χ1n) is 5.95. The highest BCUT2D eigenvalue weighted by atomic mass is 16.5. The van der Waals surface area contributed by atoms with Gasteiger partial charge in [-0.3, -0.25) is 4.79 Å². The summed E-state index contributed by atoms with van der Waals surface area (Å²) in [6.07, 6.45) is 6.73. The van der Waals surface area contributed by atoms with Crippen LogP contribution < -0.4 is 0 Å². The third-order valence-electron chi connectivity index (χ3n) is 3.40. The van der Waals surface area contributed by atoms with Crippen molar-refractivity contribution in [3.8, 4) is 5.69 Å². The fourth-order valence-corrected chi connectivity index (χ4v) is 2.42. The van der Waals surface area contributed by atoms with Crippen molar-refractivity contribution in [1.82, 2.24) is 9.55 Å². The van der Waals surface area contributed by atoms with Crippen molar-refractivity contribution in [3.63, 3.8) is 0 Å². The van der Waals surface area contributed by atoms with Gasteiger partial charge in [0.15, 0.2) is 0 Å². The van der Waals surface area contributed by atoms with Crippen LogP contribution in [-0.4, -0.2) is 22.9 Å². The minimum atomic E-state index is 0.515. The zero-order chi connectivity index (χ0) is 12.5. The van der Waals surface area contributed by atoms with E-state index in [1.165, 1.54) is 11.1 Å². The molecule has 1 aliphatic carbocycles. The van der Waals surface area contributed by atoms with Gasteiger partial charge in [0.05, 0.1) is 18.6 Å². The molecule has 1 heterocycles. The summed E-state index contributed by atoms with van der Waals surface area (Å²) < 4.78 is 7.06. The van der Waals surface area contributed by atoms with Crippen LogP contribution in [-0.2, 0) is 24.2 Å². The summed E-state index contributed by atoms with van der Waals surface area (Å²) in [6, 6.07) is 3.87. The second-order valence-electron chi connectivity index (χ2n) is 4.45. The van der Waals surface area contributed by atoms with E-state index in [4.69, 9.17) is 4.74 Å². The number of fused-ring (bicyclic) bond motifs is 1. The summed E-state index contributed by atoms with van der Waals surface area (Å²) in [5.41, 5.74) is 5.30. The molecule has 4 nitrogen and oxygen atoms in total. The Morgan fingerprint density at radius 3 is 2.89 bits per heavy atom. The summed E-state index contributed by atoms with van der Waals surface area (Å²) in [7, 11) is 1.66. The highest BCUT2D eigenvalue weighted by molar-refractivity contribution is 5.80. The molecule has 92 valence electrons. The predicted octanol–water partition coefficient (Wildman–Crippen LogP) is 1.93. The van der Waals surface area contributed by atoms with E-state index in [0.29, 0.717) is 6.61 Å². The van der Waals surface area contributed by atoms with Gasteiger partial charge in [0.25, 0.3) is 0 Å². The molecule has 1 aromatic carbocycles. The minimum Gasteiger partial charge on any atom is -0.378 e. The second kappa shape index (κ2) is 4.38. The lowest BCUT2D eigenvalue weighted by molar-refractivity contribution is 0.112. The topological polar surface area (TPSA) is 44.1 Å². The first-order chi connectivity index (χ1) is 8.83. The Labute approximate surface area is 105 Å². The molecule has 0 radical (unpaired) electrons. The van der Waals surface area contributed by atoms with Crippen molar-refractivity contribution >= 4 is 6.29 Å². The molecule has 0 amide bonds. The van der Waals surface area contributed by atoms with Gasteiger partial charge in [-0.05, 0) is 36.1 Å². The average Bonchev–Trinajstić information content (AvgIpc) is 2.78. The maximum absolute atomic E-state index is 10.9. The lowest BCUT2D eigenvalue weighted by Crippen LogP contribution is -2.15. The molecule has 2 aromatic rings. The lowest BCUT2D eigenvalue weighted by atomic mass is 9.83. The van der Waals surface area contributed by atoms with Crippen molar-refractivity contribution in [1.29, 1.82) is 0 Å². The maximum Gasteiger partial charge on any atom is 0.150 e. The molecule has 0 saturated heterocycles. The number of imidazole rings is 1. The molecular formula is C14H14N2O2. The largest absolute Gasteiger partial charge is 0.378 e. The number of aldehydes is 1. The fraction of sp³-hybridized carbons (Fsp3) is 0.286. The van der Waals surface area contributed by atoms with E-state index >= 15 is 0 Å². The SMILES string of the molecule is COCc1cn(-c2ccc(C=O)c3c2CC3)cn1. The first kappa shape index (κ1) is 11.2. The molecule has 4 heteroatoms. The number of ether oxygens (including phenoxy) is 1. The van der Waals surface area contributed by atoms with E-state index < -0.39 is 0 Å². The van der Waals surface area contributed by atoms with Gasteiger partial charge in [-0.1, -0.05) is 0 Å². The van der Waals surface area contributed by atoms with Crippen LogP contribution >= 0.6 is 0 Å². The minimum absolute atomic E-state index is 0.515. The van der Waals surface area contributed by atoms with Crippen molar-refractivity contribution < 1.29 is 9.53 Å². The van der Waals surface area contributed by atoms with Gasteiger partial charge in [-0.25, -0.2) is 4.98 Å². The molecule has 0 bridgehead atoms. The summed E-state index contributed by atoms with van der Waals surface area (Å²) in [5.74, 6) is 0. The molecule has 0 fully saturated rings. The van der Waals surface area contributed by atoms with E-state index in [0.717, 1.165) is 36.1 Å². The molecule has 3 rings (SSSR count). The van der Waals surface area contributed by atoms with E-state index in [9.17, 15) is 4.79 Å². The summed E-state index contributed by atoms with van der Waals surface area (Å²) >= 11 is 0. The molecule has 0 aliphatic heterocycles. The molecular weight excluding hydrogens is 228 g/mol. The third kappa shape index (κ3) is 1.66. The van der Waals surface area contributed by atoms with Crippen LogP contribution in [0.25, 0.3) is 5.69 Å². The van der Waals surface area contributed by atoms with Gasteiger partial charge in [-0.2, -0.15) is 0 Å². The van der Waals surface area contributed by atoms with E-state index in [-0.39, 0.29) is 0 Å². The normalized spacial score (nSPS) is 12.9. The van der Waals surface area contributed by atoms with Crippen molar-refractivity contribution in [3.05, 3.63) is 47.0 Å². The Morgan fingerprint density at radius 2 is 2.22 bits per heavy atom. The van der Waals surface area contributed by atoms with Gasteiger partial charge >= 0.3 is 0 Å². The lowest BCUT2D eigenvalue weighted by Gasteiger charge is -2.24. The summed E-state index contributed by atoms with van der Waals surface area (Å²) in [5, 5.41) is 0. The third-order valence-corrected chi connectivity index (χ3v) is 3.40. The quantitative estimate of drug-likeness (QED) is 0.769. The van der Waals surface area contributed by atoms with Crippen LogP contribution in [0.5, 0.6) is 0 Å². The van der Waals surface area contributed by atoms with Gasteiger partial charge in [0.1, 0.15) is 6.29 Å². The Kier molecular flexibility index (Phi) is 2.72. The number of aromatic nitrogens is 2. The van der Waals surface area contributed by atoms with Crippen LogP contribution in [0.1, 0.15) is 27.2 Å². The van der Waals surface area contributed by atoms with Gasteiger partial charge in [-0.15, -0.1) is 0 Å². The Hall–Kier alpha value is -1.94. The second-order valence-corrected chi connectivity index (χ2v) is 4.45. The monoisotopic (exact) mass is 242 g/mol. The average molecular weight is 242 g/mol. The zero-order valence-corrected chi connectivity index (χ0v) is 10.2. The number of hydrogen-bond donors (Lipinski definition) is 0. The molecule has 18 heavy (non-hydrogen) atoms. The van der Waals surface area contributed by atoms with Crippen LogP contribution in [0, 0.1) is 0 Å². The maximum atomic E-state index is 10.9. The number of carbonyl (C=O) groups excluding carboxylic acids is 1. The Morgan fingerprint density at radius 1 is 1.39 bits per heavy atom. The Balaban J connectivity index is 2.01.